The van der Waals surface area contributed by atoms with E-state index in [0.29, 0.717) is 6.04 Å². The standard InChI is InChI=1S/C8H11IN2OS/c9-7-3-11-8(13-7)4-10-5-1-6(12)2-5/h3,5-6,10,12H,1-2,4H2. The van der Waals surface area contributed by atoms with Crippen LogP contribution in [-0.2, 0) is 6.54 Å². The molecule has 0 aromatic carbocycles. The van der Waals surface area contributed by atoms with Crippen molar-refractivity contribution >= 4 is 33.9 Å². The van der Waals surface area contributed by atoms with Gasteiger partial charge in [-0.25, -0.2) is 4.98 Å². The molecule has 0 unspecified atom stereocenters. The Balaban J connectivity index is 1.74. The number of aliphatic hydroxyl groups is 1. The lowest BCUT2D eigenvalue weighted by atomic mass is 9.90. The van der Waals surface area contributed by atoms with Crippen molar-refractivity contribution in [1.29, 1.82) is 0 Å². The molecule has 2 N–H and O–H groups in total. The number of halogens is 1. The lowest BCUT2D eigenvalue weighted by Gasteiger charge is -2.31. The molecule has 2 rings (SSSR count). The number of aliphatic hydroxyl groups excluding tert-OH is 1. The van der Waals surface area contributed by atoms with Gasteiger partial charge in [0, 0.05) is 12.6 Å². The summed E-state index contributed by atoms with van der Waals surface area (Å²) < 4.78 is 1.23. The second kappa shape index (κ2) is 4.20. The fourth-order valence-corrected chi connectivity index (χ4v) is 2.85. The van der Waals surface area contributed by atoms with Gasteiger partial charge in [0.1, 0.15) is 5.01 Å². The summed E-state index contributed by atoms with van der Waals surface area (Å²) >= 11 is 3.99. The molecular weight excluding hydrogens is 299 g/mol. The van der Waals surface area contributed by atoms with E-state index in [-0.39, 0.29) is 6.10 Å². The predicted molar refractivity (Wildman–Crippen MR) is 60.7 cm³/mol. The van der Waals surface area contributed by atoms with Gasteiger partial charge in [-0.15, -0.1) is 11.3 Å². The van der Waals surface area contributed by atoms with Gasteiger partial charge in [0.2, 0.25) is 0 Å². The predicted octanol–water partition coefficient (Wildman–Crippen LogP) is 1.36. The summed E-state index contributed by atoms with van der Waals surface area (Å²) in [6, 6.07) is 0.497. The van der Waals surface area contributed by atoms with Crippen LogP contribution >= 0.6 is 33.9 Å². The van der Waals surface area contributed by atoms with Crippen LogP contribution in [0.5, 0.6) is 0 Å². The molecule has 0 radical (unpaired) electrons. The normalized spacial score (nSPS) is 27.2. The lowest BCUT2D eigenvalue weighted by molar-refractivity contribution is 0.0619. The van der Waals surface area contributed by atoms with E-state index in [4.69, 9.17) is 5.11 Å². The Kier molecular flexibility index (Phi) is 3.18. The Labute approximate surface area is 94.7 Å². The summed E-state index contributed by atoms with van der Waals surface area (Å²) in [7, 11) is 0. The van der Waals surface area contributed by atoms with Gasteiger partial charge < -0.3 is 10.4 Å². The largest absolute Gasteiger partial charge is 0.393 e. The number of rotatable bonds is 3. The van der Waals surface area contributed by atoms with Gasteiger partial charge >= 0.3 is 0 Å². The zero-order valence-corrected chi connectivity index (χ0v) is 10.0. The minimum absolute atomic E-state index is 0.0751. The molecule has 1 aliphatic rings. The van der Waals surface area contributed by atoms with Crippen molar-refractivity contribution in [2.45, 2.75) is 31.5 Å². The second-order valence-corrected chi connectivity index (χ2v) is 6.27. The van der Waals surface area contributed by atoms with Crippen LogP contribution in [0, 0.1) is 2.88 Å². The lowest BCUT2D eigenvalue weighted by Crippen LogP contribution is -2.43. The Morgan fingerprint density at radius 1 is 1.69 bits per heavy atom. The van der Waals surface area contributed by atoms with Gasteiger partial charge in [0.15, 0.2) is 0 Å². The molecule has 1 aromatic rings. The molecule has 1 saturated carbocycles. The van der Waals surface area contributed by atoms with Crippen LogP contribution in [0.1, 0.15) is 17.8 Å². The van der Waals surface area contributed by atoms with Crippen molar-refractivity contribution in [3.63, 3.8) is 0 Å². The van der Waals surface area contributed by atoms with Gasteiger partial charge in [0.25, 0.3) is 0 Å². The minimum Gasteiger partial charge on any atom is -0.393 e. The average Bonchev–Trinajstić information content (AvgIpc) is 2.43. The zero-order chi connectivity index (χ0) is 9.26. The number of nitrogens with one attached hydrogen (secondary N) is 1. The second-order valence-electron chi connectivity index (χ2n) is 3.26. The van der Waals surface area contributed by atoms with E-state index < -0.39 is 0 Å². The van der Waals surface area contributed by atoms with Crippen LogP contribution in [0.3, 0.4) is 0 Å². The topological polar surface area (TPSA) is 45.1 Å². The summed E-state index contributed by atoms with van der Waals surface area (Å²) in [6.07, 6.45) is 3.59. The first-order chi connectivity index (χ1) is 6.24. The van der Waals surface area contributed by atoms with E-state index in [2.05, 4.69) is 32.9 Å². The number of thiazole rings is 1. The molecule has 13 heavy (non-hydrogen) atoms. The smallest absolute Gasteiger partial charge is 0.107 e. The van der Waals surface area contributed by atoms with Crippen LogP contribution in [-0.4, -0.2) is 22.2 Å². The molecule has 1 heterocycles. The Morgan fingerprint density at radius 3 is 3.00 bits per heavy atom. The van der Waals surface area contributed by atoms with Gasteiger partial charge in [-0.3, -0.25) is 0 Å². The minimum atomic E-state index is -0.0751. The maximum atomic E-state index is 9.07. The fourth-order valence-electron chi connectivity index (χ4n) is 1.36. The summed E-state index contributed by atoms with van der Waals surface area (Å²) in [6.45, 7) is 0.838. The molecular formula is C8H11IN2OS. The monoisotopic (exact) mass is 310 g/mol. The van der Waals surface area contributed by atoms with Crippen molar-refractivity contribution in [2.75, 3.05) is 0 Å². The highest BCUT2D eigenvalue weighted by molar-refractivity contribution is 14.1. The number of hydrogen-bond acceptors (Lipinski definition) is 4. The average molecular weight is 310 g/mol. The zero-order valence-electron chi connectivity index (χ0n) is 7.03. The third-order valence-corrected chi connectivity index (χ3v) is 3.91. The third-order valence-electron chi connectivity index (χ3n) is 2.18. The molecule has 72 valence electrons. The molecule has 1 aliphatic carbocycles. The molecule has 0 saturated heterocycles. The first-order valence-corrected chi connectivity index (χ1v) is 6.15. The van der Waals surface area contributed by atoms with Gasteiger partial charge in [-0.1, -0.05) is 0 Å². The number of aromatic nitrogens is 1. The van der Waals surface area contributed by atoms with Crippen LogP contribution in [0.25, 0.3) is 0 Å². The molecule has 0 amide bonds. The van der Waals surface area contributed by atoms with E-state index in [1.807, 2.05) is 6.20 Å². The molecule has 1 aromatic heterocycles. The van der Waals surface area contributed by atoms with E-state index >= 15 is 0 Å². The Hall–Kier alpha value is 0.280. The van der Waals surface area contributed by atoms with Crippen molar-refractivity contribution in [3.8, 4) is 0 Å². The SMILES string of the molecule is OC1CC(NCc2ncc(I)s2)C1. The highest BCUT2D eigenvalue weighted by Gasteiger charge is 2.26. The molecule has 0 atom stereocenters. The fraction of sp³-hybridized carbons (Fsp3) is 0.625. The number of hydrogen-bond donors (Lipinski definition) is 2. The first kappa shape index (κ1) is 9.82. The van der Waals surface area contributed by atoms with Crippen LogP contribution < -0.4 is 5.32 Å². The van der Waals surface area contributed by atoms with Gasteiger partial charge in [-0.05, 0) is 35.4 Å². The Morgan fingerprint density at radius 2 is 2.46 bits per heavy atom. The van der Waals surface area contributed by atoms with Gasteiger partial charge in [-0.2, -0.15) is 0 Å². The molecule has 5 heteroatoms. The molecule has 0 bridgehead atoms. The van der Waals surface area contributed by atoms with E-state index in [1.165, 1.54) is 2.88 Å². The van der Waals surface area contributed by atoms with Crippen molar-refractivity contribution in [1.82, 2.24) is 10.3 Å². The van der Waals surface area contributed by atoms with E-state index in [9.17, 15) is 0 Å². The molecule has 1 fully saturated rings. The van der Waals surface area contributed by atoms with Crippen molar-refractivity contribution < 1.29 is 5.11 Å². The Bertz CT molecular complexity index is 285. The summed E-state index contributed by atoms with van der Waals surface area (Å²) in [4.78, 5) is 4.25. The van der Waals surface area contributed by atoms with E-state index in [0.717, 1.165) is 24.4 Å². The quantitative estimate of drug-likeness (QED) is 0.829. The molecule has 0 spiro atoms. The summed E-state index contributed by atoms with van der Waals surface area (Å²) in [5.74, 6) is 0. The van der Waals surface area contributed by atoms with Crippen LogP contribution in [0.4, 0.5) is 0 Å². The van der Waals surface area contributed by atoms with Crippen LogP contribution in [0.2, 0.25) is 0 Å². The first-order valence-electron chi connectivity index (χ1n) is 4.25. The maximum Gasteiger partial charge on any atom is 0.107 e. The molecule has 3 nitrogen and oxygen atoms in total. The molecule has 0 aliphatic heterocycles. The number of nitrogens with zero attached hydrogens (tertiary/aromatic N) is 1. The summed E-state index contributed by atoms with van der Waals surface area (Å²) in [5.41, 5.74) is 0. The third kappa shape index (κ3) is 2.61. The summed E-state index contributed by atoms with van der Waals surface area (Å²) in [5, 5.41) is 13.6. The van der Waals surface area contributed by atoms with E-state index in [1.54, 1.807) is 11.3 Å². The highest BCUT2D eigenvalue weighted by Crippen LogP contribution is 2.20. The van der Waals surface area contributed by atoms with Gasteiger partial charge in [0.05, 0.1) is 15.2 Å². The maximum absolute atomic E-state index is 9.07. The van der Waals surface area contributed by atoms with Crippen molar-refractivity contribution in [2.24, 2.45) is 0 Å². The van der Waals surface area contributed by atoms with Crippen molar-refractivity contribution in [3.05, 3.63) is 14.1 Å². The highest BCUT2D eigenvalue weighted by atomic mass is 127. The van der Waals surface area contributed by atoms with Crippen LogP contribution in [0.15, 0.2) is 6.20 Å².